The average molecular weight is 426 g/mol. The lowest BCUT2D eigenvalue weighted by Crippen LogP contribution is -2.53. The molecule has 31 heavy (non-hydrogen) atoms. The van der Waals surface area contributed by atoms with Gasteiger partial charge in [0.25, 0.3) is 5.91 Å². The molecule has 1 atom stereocenters. The molecular formula is C24H31N3O4. The highest BCUT2D eigenvalue weighted by Gasteiger charge is 2.32. The molecule has 0 aromatic heterocycles. The summed E-state index contributed by atoms with van der Waals surface area (Å²) in [7, 11) is 5.08. The van der Waals surface area contributed by atoms with Crippen molar-refractivity contribution in [2.45, 2.75) is 13.0 Å². The first-order valence-corrected chi connectivity index (χ1v) is 10.5. The lowest BCUT2D eigenvalue weighted by atomic mass is 10.0. The van der Waals surface area contributed by atoms with Gasteiger partial charge in [0.05, 0.1) is 14.2 Å². The summed E-state index contributed by atoms with van der Waals surface area (Å²) in [5.74, 6) is 1.13. The molecule has 0 N–H and O–H groups in total. The molecule has 0 saturated carbocycles. The minimum absolute atomic E-state index is 0.0747. The van der Waals surface area contributed by atoms with Gasteiger partial charge in [-0.1, -0.05) is 37.3 Å². The van der Waals surface area contributed by atoms with Crippen molar-refractivity contribution < 1.29 is 19.1 Å². The summed E-state index contributed by atoms with van der Waals surface area (Å²) in [6.07, 6.45) is 0. The summed E-state index contributed by atoms with van der Waals surface area (Å²) in [5.41, 5.74) is 1.50. The number of nitrogens with zero attached hydrogens (tertiary/aromatic N) is 3. The van der Waals surface area contributed by atoms with Crippen molar-refractivity contribution in [3.05, 3.63) is 59.7 Å². The summed E-state index contributed by atoms with van der Waals surface area (Å²) in [4.78, 5) is 32.1. The van der Waals surface area contributed by atoms with E-state index < -0.39 is 0 Å². The largest absolute Gasteiger partial charge is 0.497 e. The van der Waals surface area contributed by atoms with E-state index in [1.165, 1.54) is 0 Å². The van der Waals surface area contributed by atoms with E-state index in [-0.39, 0.29) is 17.9 Å². The number of amides is 2. The van der Waals surface area contributed by atoms with Crippen LogP contribution >= 0.6 is 0 Å². The first-order valence-electron chi connectivity index (χ1n) is 10.5. The minimum atomic E-state index is -0.323. The Bertz CT molecular complexity index is 873. The van der Waals surface area contributed by atoms with Crippen LogP contribution in [0.3, 0.4) is 0 Å². The van der Waals surface area contributed by atoms with Crippen LogP contribution in [-0.4, -0.2) is 80.5 Å². The third-order valence-electron chi connectivity index (χ3n) is 5.77. The van der Waals surface area contributed by atoms with E-state index in [4.69, 9.17) is 9.47 Å². The van der Waals surface area contributed by atoms with Crippen LogP contribution in [-0.2, 0) is 4.79 Å². The van der Waals surface area contributed by atoms with Gasteiger partial charge in [-0.15, -0.1) is 0 Å². The first-order chi connectivity index (χ1) is 15.0. The summed E-state index contributed by atoms with van der Waals surface area (Å²) in [6.45, 7) is 4.80. The predicted octanol–water partition coefficient (Wildman–Crippen LogP) is 2.68. The fourth-order valence-electron chi connectivity index (χ4n) is 3.82. The molecule has 0 spiro atoms. The fraction of sp³-hybridized carbons (Fsp3) is 0.417. The van der Waals surface area contributed by atoms with Gasteiger partial charge in [-0.05, 0) is 31.3 Å². The molecule has 3 rings (SSSR count). The number of carbonyl (C=O) groups is 2. The Labute approximate surface area is 184 Å². The van der Waals surface area contributed by atoms with Gasteiger partial charge in [0, 0.05) is 37.8 Å². The molecule has 1 unspecified atom stereocenters. The maximum atomic E-state index is 13.4. The normalized spacial score (nSPS) is 15.0. The summed E-state index contributed by atoms with van der Waals surface area (Å²) >= 11 is 0. The third-order valence-corrected chi connectivity index (χ3v) is 5.77. The SMILES string of the molecule is CCN(C)C(C(=O)N1CCN(C(=O)c2cc(OC)cc(OC)c2)CC1)c1ccccc1. The molecule has 2 aromatic rings. The van der Waals surface area contributed by atoms with Gasteiger partial charge in [0.1, 0.15) is 17.5 Å². The van der Waals surface area contributed by atoms with Crippen LogP contribution in [0.15, 0.2) is 48.5 Å². The highest BCUT2D eigenvalue weighted by Crippen LogP contribution is 2.25. The maximum Gasteiger partial charge on any atom is 0.254 e. The van der Waals surface area contributed by atoms with Crippen molar-refractivity contribution in [2.75, 3.05) is 54.0 Å². The van der Waals surface area contributed by atoms with E-state index in [2.05, 4.69) is 4.90 Å². The van der Waals surface area contributed by atoms with Gasteiger partial charge < -0.3 is 19.3 Å². The number of ether oxygens (including phenoxy) is 2. The molecule has 1 heterocycles. The number of hydrogen-bond acceptors (Lipinski definition) is 5. The summed E-state index contributed by atoms with van der Waals surface area (Å²) in [6, 6.07) is 14.7. The monoisotopic (exact) mass is 425 g/mol. The maximum absolute atomic E-state index is 13.4. The molecule has 0 radical (unpaired) electrons. The molecule has 1 aliphatic heterocycles. The van der Waals surface area contributed by atoms with Crippen LogP contribution in [0.1, 0.15) is 28.9 Å². The Morgan fingerprint density at radius 3 is 2.00 bits per heavy atom. The number of methoxy groups -OCH3 is 2. The number of rotatable bonds is 7. The summed E-state index contributed by atoms with van der Waals surface area (Å²) in [5, 5.41) is 0. The van der Waals surface area contributed by atoms with Crippen molar-refractivity contribution in [3.8, 4) is 11.5 Å². The van der Waals surface area contributed by atoms with Crippen LogP contribution in [0.25, 0.3) is 0 Å². The van der Waals surface area contributed by atoms with E-state index in [9.17, 15) is 9.59 Å². The zero-order valence-electron chi connectivity index (χ0n) is 18.7. The third kappa shape index (κ3) is 5.17. The van der Waals surface area contributed by atoms with Crippen molar-refractivity contribution in [3.63, 3.8) is 0 Å². The first kappa shape index (κ1) is 22.6. The van der Waals surface area contributed by atoms with Crippen LogP contribution in [0, 0.1) is 0 Å². The number of likely N-dealkylation sites (N-methyl/N-ethyl adjacent to an activating group) is 1. The van der Waals surface area contributed by atoms with Gasteiger partial charge in [-0.2, -0.15) is 0 Å². The highest BCUT2D eigenvalue weighted by molar-refractivity contribution is 5.95. The number of benzene rings is 2. The Hall–Kier alpha value is -3.06. The molecule has 0 bridgehead atoms. The number of carbonyl (C=O) groups excluding carboxylic acids is 2. The molecule has 166 valence electrons. The second-order valence-corrected chi connectivity index (χ2v) is 7.61. The molecule has 7 heteroatoms. The van der Waals surface area contributed by atoms with E-state index in [1.54, 1.807) is 37.3 Å². The molecule has 2 aromatic carbocycles. The van der Waals surface area contributed by atoms with Crippen LogP contribution in [0.2, 0.25) is 0 Å². The Balaban J connectivity index is 1.69. The number of hydrogen-bond donors (Lipinski definition) is 0. The molecule has 2 amide bonds. The molecule has 1 fully saturated rings. The molecule has 0 aliphatic carbocycles. The molecule has 1 saturated heterocycles. The second-order valence-electron chi connectivity index (χ2n) is 7.61. The smallest absolute Gasteiger partial charge is 0.254 e. The Kier molecular flexibility index (Phi) is 7.52. The van der Waals surface area contributed by atoms with Gasteiger partial charge >= 0.3 is 0 Å². The van der Waals surface area contributed by atoms with Crippen LogP contribution < -0.4 is 9.47 Å². The quantitative estimate of drug-likeness (QED) is 0.683. The average Bonchev–Trinajstić information content (AvgIpc) is 2.83. The van der Waals surface area contributed by atoms with Gasteiger partial charge in [0.15, 0.2) is 0 Å². The lowest BCUT2D eigenvalue weighted by molar-refractivity contribution is -0.138. The molecule has 7 nitrogen and oxygen atoms in total. The van der Waals surface area contributed by atoms with Crippen LogP contribution in [0.5, 0.6) is 11.5 Å². The van der Waals surface area contributed by atoms with Crippen molar-refractivity contribution in [1.29, 1.82) is 0 Å². The van der Waals surface area contributed by atoms with Gasteiger partial charge in [-0.25, -0.2) is 0 Å². The van der Waals surface area contributed by atoms with E-state index >= 15 is 0 Å². The zero-order valence-corrected chi connectivity index (χ0v) is 18.7. The standard InChI is InChI=1S/C24H31N3O4/c1-5-25(2)22(18-9-7-6-8-10-18)24(29)27-13-11-26(12-14-27)23(28)19-15-20(30-3)17-21(16-19)31-4/h6-10,15-17,22H,5,11-14H2,1-4H3. The van der Waals surface area contributed by atoms with E-state index in [1.807, 2.05) is 49.2 Å². The van der Waals surface area contributed by atoms with Crippen molar-refractivity contribution in [2.24, 2.45) is 0 Å². The highest BCUT2D eigenvalue weighted by atomic mass is 16.5. The Morgan fingerprint density at radius 2 is 1.48 bits per heavy atom. The van der Waals surface area contributed by atoms with Crippen molar-refractivity contribution in [1.82, 2.24) is 14.7 Å². The predicted molar refractivity (Wildman–Crippen MR) is 120 cm³/mol. The molecule has 1 aliphatic rings. The van der Waals surface area contributed by atoms with Gasteiger partial charge in [0.2, 0.25) is 5.91 Å². The molecular weight excluding hydrogens is 394 g/mol. The topological polar surface area (TPSA) is 62.3 Å². The fourth-order valence-corrected chi connectivity index (χ4v) is 3.82. The minimum Gasteiger partial charge on any atom is -0.497 e. The lowest BCUT2D eigenvalue weighted by Gasteiger charge is -2.38. The van der Waals surface area contributed by atoms with Gasteiger partial charge in [-0.3, -0.25) is 14.5 Å². The van der Waals surface area contributed by atoms with E-state index in [0.29, 0.717) is 43.2 Å². The van der Waals surface area contributed by atoms with Crippen molar-refractivity contribution >= 4 is 11.8 Å². The zero-order chi connectivity index (χ0) is 22.4. The second kappa shape index (κ2) is 10.3. The Morgan fingerprint density at radius 1 is 0.935 bits per heavy atom. The van der Waals surface area contributed by atoms with E-state index in [0.717, 1.165) is 12.1 Å². The summed E-state index contributed by atoms with van der Waals surface area (Å²) < 4.78 is 10.6. The van der Waals surface area contributed by atoms with Crippen LogP contribution in [0.4, 0.5) is 0 Å². The number of piperazine rings is 1.